The molecule has 1 rings (SSSR count). The lowest BCUT2D eigenvalue weighted by molar-refractivity contribution is 0.0495. The van der Waals surface area contributed by atoms with Gasteiger partial charge < -0.3 is 10.1 Å². The van der Waals surface area contributed by atoms with Crippen LogP contribution in [0.15, 0.2) is 24.3 Å². The Hall–Kier alpha value is -1.29. The number of carbonyl (C=O) groups excluding carboxylic acids is 1. The molecule has 1 aromatic carbocycles. The maximum absolute atomic E-state index is 12.9. The molecule has 0 bridgehead atoms. The van der Waals surface area contributed by atoms with Gasteiger partial charge in [0.1, 0.15) is 12.3 Å². The van der Waals surface area contributed by atoms with E-state index in [-0.39, 0.29) is 0 Å². The van der Waals surface area contributed by atoms with Gasteiger partial charge in [-0.15, -0.1) is 0 Å². The van der Waals surface area contributed by atoms with Gasteiger partial charge in [0, 0.05) is 5.02 Å². The van der Waals surface area contributed by atoms with E-state index in [2.05, 4.69) is 5.32 Å². The van der Waals surface area contributed by atoms with Crippen molar-refractivity contribution in [2.24, 2.45) is 0 Å². The van der Waals surface area contributed by atoms with E-state index in [1.54, 1.807) is 45.0 Å². The number of alkyl carbamates (subject to hydrolysis) is 1. The Balaban J connectivity index is 2.68. The third-order valence-corrected chi connectivity index (χ3v) is 2.37. The van der Waals surface area contributed by atoms with Gasteiger partial charge in [-0.1, -0.05) is 23.7 Å². The second-order valence-electron chi connectivity index (χ2n) is 4.90. The Morgan fingerprint density at radius 3 is 2.39 bits per heavy atom. The van der Waals surface area contributed by atoms with Crippen LogP contribution in [0.25, 0.3) is 0 Å². The van der Waals surface area contributed by atoms with Gasteiger partial charge in [-0.3, -0.25) is 0 Å². The molecule has 0 fully saturated rings. The third-order valence-electron chi connectivity index (χ3n) is 2.12. The summed E-state index contributed by atoms with van der Waals surface area (Å²) in [6.07, 6.45) is -0.639. The van der Waals surface area contributed by atoms with Gasteiger partial charge in [0.15, 0.2) is 0 Å². The average Bonchev–Trinajstić information content (AvgIpc) is 2.25. The van der Waals surface area contributed by atoms with Crippen molar-refractivity contribution < 1.29 is 13.9 Å². The number of ether oxygens (including phenoxy) is 1. The summed E-state index contributed by atoms with van der Waals surface area (Å²) in [5.41, 5.74) is 0.0399. The summed E-state index contributed by atoms with van der Waals surface area (Å²) in [4.78, 5) is 11.5. The van der Waals surface area contributed by atoms with E-state index in [0.29, 0.717) is 10.6 Å². The van der Waals surface area contributed by atoms with E-state index in [4.69, 9.17) is 16.3 Å². The SMILES string of the molecule is CC(C)(C)OC(=O)N[C@H](CF)c1ccc(Cl)cc1. The van der Waals surface area contributed by atoms with E-state index in [1.807, 2.05) is 0 Å². The summed E-state index contributed by atoms with van der Waals surface area (Å²) in [6.45, 7) is 4.54. The number of alkyl halides is 1. The topological polar surface area (TPSA) is 38.3 Å². The Morgan fingerprint density at radius 1 is 1.39 bits per heavy atom. The van der Waals surface area contributed by atoms with Crippen LogP contribution in [0.2, 0.25) is 5.02 Å². The molecule has 3 nitrogen and oxygen atoms in total. The zero-order valence-electron chi connectivity index (χ0n) is 10.7. The molecule has 0 radical (unpaired) electrons. The zero-order valence-corrected chi connectivity index (χ0v) is 11.4. The predicted octanol–water partition coefficient (Wildman–Crippen LogP) is 3.88. The lowest BCUT2D eigenvalue weighted by atomic mass is 10.1. The first-order chi connectivity index (χ1) is 8.31. The molecule has 0 saturated heterocycles. The Labute approximate surface area is 111 Å². The average molecular weight is 274 g/mol. The fourth-order valence-electron chi connectivity index (χ4n) is 1.36. The highest BCUT2D eigenvalue weighted by Gasteiger charge is 2.20. The molecule has 0 unspecified atom stereocenters. The lowest BCUT2D eigenvalue weighted by Crippen LogP contribution is -2.35. The van der Waals surface area contributed by atoms with Crippen LogP contribution in [0.1, 0.15) is 32.4 Å². The second kappa shape index (κ2) is 6.05. The van der Waals surface area contributed by atoms with E-state index in [9.17, 15) is 9.18 Å². The maximum Gasteiger partial charge on any atom is 0.408 e. The summed E-state index contributed by atoms with van der Waals surface area (Å²) < 4.78 is 18.0. The lowest BCUT2D eigenvalue weighted by Gasteiger charge is -2.22. The van der Waals surface area contributed by atoms with Crippen LogP contribution in [0, 0.1) is 0 Å². The summed E-state index contributed by atoms with van der Waals surface area (Å²) >= 11 is 5.75. The smallest absolute Gasteiger partial charge is 0.408 e. The summed E-state index contributed by atoms with van der Waals surface area (Å²) in [6, 6.07) is 5.91. The van der Waals surface area contributed by atoms with Crippen molar-refractivity contribution in [1.29, 1.82) is 0 Å². The molecule has 0 saturated carbocycles. The Bertz CT molecular complexity index is 400. The van der Waals surface area contributed by atoms with Gasteiger partial charge in [-0.05, 0) is 38.5 Å². The van der Waals surface area contributed by atoms with Crippen LogP contribution in [-0.4, -0.2) is 18.4 Å². The van der Waals surface area contributed by atoms with E-state index < -0.39 is 24.4 Å². The monoisotopic (exact) mass is 273 g/mol. The molecule has 1 amide bonds. The Kier molecular flexibility index (Phi) is 4.96. The molecule has 0 aliphatic carbocycles. The molecular formula is C13H17ClFNO2. The molecule has 0 spiro atoms. The first-order valence-corrected chi connectivity index (χ1v) is 6.00. The van der Waals surface area contributed by atoms with Crippen molar-refractivity contribution in [1.82, 2.24) is 5.32 Å². The maximum atomic E-state index is 12.9. The largest absolute Gasteiger partial charge is 0.444 e. The quantitative estimate of drug-likeness (QED) is 0.908. The number of nitrogens with one attached hydrogen (secondary N) is 1. The summed E-state index contributed by atoms with van der Waals surface area (Å²) in [7, 11) is 0. The molecule has 100 valence electrons. The standard InChI is InChI=1S/C13H17ClFNO2/c1-13(2,3)18-12(17)16-11(8-15)9-4-6-10(14)7-5-9/h4-7,11H,8H2,1-3H3,(H,16,17)/t11-/m1/s1. The fourth-order valence-corrected chi connectivity index (χ4v) is 1.48. The predicted molar refractivity (Wildman–Crippen MR) is 69.5 cm³/mol. The number of benzene rings is 1. The van der Waals surface area contributed by atoms with Crippen molar-refractivity contribution in [3.63, 3.8) is 0 Å². The summed E-state index contributed by atoms with van der Waals surface area (Å²) in [5.74, 6) is 0. The van der Waals surface area contributed by atoms with E-state index in [1.165, 1.54) is 0 Å². The fraction of sp³-hybridized carbons (Fsp3) is 0.462. The van der Waals surface area contributed by atoms with Gasteiger partial charge in [0.2, 0.25) is 0 Å². The van der Waals surface area contributed by atoms with Gasteiger partial charge in [-0.2, -0.15) is 0 Å². The number of hydrogen-bond acceptors (Lipinski definition) is 2. The first-order valence-electron chi connectivity index (χ1n) is 5.63. The number of rotatable bonds is 3. The van der Waals surface area contributed by atoms with Crippen LogP contribution in [0.5, 0.6) is 0 Å². The van der Waals surface area contributed by atoms with Crippen LogP contribution in [0.3, 0.4) is 0 Å². The van der Waals surface area contributed by atoms with E-state index >= 15 is 0 Å². The van der Waals surface area contributed by atoms with Crippen LogP contribution < -0.4 is 5.32 Å². The van der Waals surface area contributed by atoms with E-state index in [0.717, 1.165) is 0 Å². The highest BCUT2D eigenvalue weighted by Crippen LogP contribution is 2.18. The van der Waals surface area contributed by atoms with Crippen LogP contribution in [-0.2, 0) is 4.74 Å². The number of halogens is 2. The van der Waals surface area contributed by atoms with Gasteiger partial charge in [0.05, 0.1) is 6.04 Å². The molecule has 0 aromatic heterocycles. The van der Waals surface area contributed by atoms with Crippen molar-refractivity contribution in [3.8, 4) is 0 Å². The molecular weight excluding hydrogens is 257 g/mol. The highest BCUT2D eigenvalue weighted by atomic mass is 35.5. The zero-order chi connectivity index (χ0) is 13.8. The first kappa shape index (κ1) is 14.8. The molecule has 18 heavy (non-hydrogen) atoms. The minimum Gasteiger partial charge on any atom is -0.444 e. The highest BCUT2D eigenvalue weighted by molar-refractivity contribution is 6.30. The second-order valence-corrected chi connectivity index (χ2v) is 5.34. The van der Waals surface area contributed by atoms with Crippen molar-refractivity contribution in [3.05, 3.63) is 34.9 Å². The third kappa shape index (κ3) is 4.92. The normalized spacial score (nSPS) is 12.9. The molecule has 5 heteroatoms. The van der Waals surface area contributed by atoms with Crippen LogP contribution in [0.4, 0.5) is 9.18 Å². The van der Waals surface area contributed by atoms with Gasteiger partial charge in [0.25, 0.3) is 0 Å². The van der Waals surface area contributed by atoms with Crippen LogP contribution >= 0.6 is 11.6 Å². The molecule has 1 atom stereocenters. The molecule has 0 aliphatic rings. The minimum atomic E-state index is -0.725. The minimum absolute atomic E-state index is 0.564. The number of amides is 1. The van der Waals surface area contributed by atoms with Gasteiger partial charge in [-0.25, -0.2) is 9.18 Å². The molecule has 1 N–H and O–H groups in total. The number of hydrogen-bond donors (Lipinski definition) is 1. The Morgan fingerprint density at radius 2 is 1.94 bits per heavy atom. The number of carbonyl (C=O) groups is 1. The molecule has 1 aromatic rings. The molecule has 0 aliphatic heterocycles. The van der Waals surface area contributed by atoms with Crippen molar-refractivity contribution >= 4 is 17.7 Å². The van der Waals surface area contributed by atoms with Crippen molar-refractivity contribution in [2.45, 2.75) is 32.4 Å². The summed E-state index contributed by atoms with van der Waals surface area (Å²) in [5, 5.41) is 3.04. The van der Waals surface area contributed by atoms with Crippen molar-refractivity contribution in [2.75, 3.05) is 6.67 Å². The van der Waals surface area contributed by atoms with Gasteiger partial charge >= 0.3 is 6.09 Å². The molecule has 0 heterocycles.